The predicted molar refractivity (Wildman–Crippen MR) is 53.4 cm³/mol. The molecule has 0 aliphatic carbocycles. The van der Waals surface area contributed by atoms with Gasteiger partial charge >= 0.3 is 0 Å². The smallest absolute Gasteiger partial charge is 0.226 e. The minimum Gasteiger partial charge on any atom is -0.356 e. The summed E-state index contributed by atoms with van der Waals surface area (Å²) in [5.41, 5.74) is 0. The summed E-state index contributed by atoms with van der Waals surface area (Å²) in [4.78, 5) is 22.4. The first-order chi connectivity index (χ1) is 6.74. The fourth-order valence-electron chi connectivity index (χ4n) is 1.43. The lowest BCUT2D eigenvalue weighted by molar-refractivity contribution is -0.125. The van der Waals surface area contributed by atoms with Crippen molar-refractivity contribution in [1.82, 2.24) is 10.2 Å². The van der Waals surface area contributed by atoms with Crippen LogP contribution in [0, 0.1) is 0 Å². The number of hydrogen-bond donors (Lipinski definition) is 1. The van der Waals surface area contributed by atoms with Crippen LogP contribution in [0.15, 0.2) is 12.8 Å². The van der Waals surface area contributed by atoms with Gasteiger partial charge in [-0.05, 0) is 19.0 Å². The van der Waals surface area contributed by atoms with Gasteiger partial charge < -0.3 is 10.2 Å². The standard InChI is InChI=1S/C6H9NO.C4H7NO/c1-2-7-5-3-4-6(7)8;6-4-2-1-3-5-4/h2H,1,3-5H2;1-3H2,(H,5,6). The molecule has 0 spiro atoms. The van der Waals surface area contributed by atoms with Gasteiger partial charge in [-0.25, -0.2) is 0 Å². The van der Waals surface area contributed by atoms with Crippen molar-refractivity contribution in [2.45, 2.75) is 25.7 Å². The Labute approximate surface area is 84.0 Å². The summed E-state index contributed by atoms with van der Waals surface area (Å²) in [6.07, 6.45) is 5.05. The van der Waals surface area contributed by atoms with Crippen molar-refractivity contribution >= 4 is 11.8 Å². The van der Waals surface area contributed by atoms with Gasteiger partial charge in [0, 0.05) is 25.9 Å². The first-order valence-electron chi connectivity index (χ1n) is 4.93. The fourth-order valence-corrected chi connectivity index (χ4v) is 1.43. The molecule has 0 saturated carbocycles. The van der Waals surface area contributed by atoms with E-state index >= 15 is 0 Å². The van der Waals surface area contributed by atoms with E-state index in [1.54, 1.807) is 11.1 Å². The number of carbonyl (C=O) groups excluding carboxylic acids is 2. The number of likely N-dealkylation sites (tertiary alicyclic amines) is 1. The highest BCUT2D eigenvalue weighted by Gasteiger charge is 2.15. The Hall–Kier alpha value is -1.32. The third-order valence-electron chi connectivity index (χ3n) is 2.23. The molecule has 2 aliphatic heterocycles. The predicted octanol–water partition coefficient (Wildman–Crippen LogP) is 0.649. The zero-order chi connectivity index (χ0) is 10.4. The third-order valence-corrected chi connectivity index (χ3v) is 2.23. The van der Waals surface area contributed by atoms with Crippen LogP contribution in [0.4, 0.5) is 0 Å². The summed E-state index contributed by atoms with van der Waals surface area (Å²) in [6, 6.07) is 0. The fraction of sp³-hybridized carbons (Fsp3) is 0.600. The topological polar surface area (TPSA) is 49.4 Å². The maximum Gasteiger partial charge on any atom is 0.226 e. The molecule has 0 aromatic carbocycles. The van der Waals surface area contributed by atoms with Gasteiger partial charge in [-0.1, -0.05) is 6.58 Å². The van der Waals surface area contributed by atoms with E-state index in [0.29, 0.717) is 6.42 Å². The van der Waals surface area contributed by atoms with Crippen molar-refractivity contribution in [3.05, 3.63) is 12.8 Å². The lowest BCUT2D eigenvalue weighted by atomic mass is 10.4. The summed E-state index contributed by atoms with van der Waals surface area (Å²) >= 11 is 0. The van der Waals surface area contributed by atoms with Gasteiger partial charge in [0.05, 0.1) is 0 Å². The Morgan fingerprint density at radius 2 is 2.07 bits per heavy atom. The van der Waals surface area contributed by atoms with Gasteiger partial charge in [0.25, 0.3) is 0 Å². The van der Waals surface area contributed by atoms with Crippen LogP contribution in [0.5, 0.6) is 0 Å². The molecule has 2 aliphatic rings. The van der Waals surface area contributed by atoms with Crippen LogP contribution < -0.4 is 5.32 Å². The molecule has 0 atom stereocenters. The number of nitrogens with one attached hydrogen (secondary N) is 1. The largest absolute Gasteiger partial charge is 0.356 e. The number of hydrogen-bond acceptors (Lipinski definition) is 2. The average molecular weight is 196 g/mol. The second-order valence-corrected chi connectivity index (χ2v) is 3.33. The number of carbonyl (C=O) groups is 2. The molecule has 2 rings (SSSR count). The number of nitrogens with zero attached hydrogens (tertiary/aromatic N) is 1. The van der Waals surface area contributed by atoms with E-state index in [0.717, 1.165) is 32.4 Å². The van der Waals surface area contributed by atoms with E-state index in [9.17, 15) is 9.59 Å². The molecular formula is C10H16N2O2. The molecule has 2 heterocycles. The van der Waals surface area contributed by atoms with Gasteiger partial charge in [-0.3, -0.25) is 9.59 Å². The number of amides is 2. The third kappa shape index (κ3) is 3.20. The molecule has 0 aromatic heterocycles. The van der Waals surface area contributed by atoms with E-state index < -0.39 is 0 Å². The van der Waals surface area contributed by atoms with Gasteiger partial charge in [-0.15, -0.1) is 0 Å². The van der Waals surface area contributed by atoms with Crippen molar-refractivity contribution < 1.29 is 9.59 Å². The van der Waals surface area contributed by atoms with Crippen LogP contribution in [-0.2, 0) is 9.59 Å². The van der Waals surface area contributed by atoms with Crippen molar-refractivity contribution in [3.63, 3.8) is 0 Å². The van der Waals surface area contributed by atoms with E-state index in [-0.39, 0.29) is 11.8 Å². The molecule has 2 amide bonds. The van der Waals surface area contributed by atoms with E-state index in [1.807, 2.05) is 0 Å². The molecule has 14 heavy (non-hydrogen) atoms. The Morgan fingerprint density at radius 1 is 1.29 bits per heavy atom. The van der Waals surface area contributed by atoms with Gasteiger partial charge in [0.2, 0.25) is 11.8 Å². The first kappa shape index (κ1) is 10.8. The van der Waals surface area contributed by atoms with Gasteiger partial charge in [-0.2, -0.15) is 0 Å². The molecular weight excluding hydrogens is 180 g/mol. The highest BCUT2D eigenvalue weighted by Crippen LogP contribution is 2.08. The van der Waals surface area contributed by atoms with Crippen molar-refractivity contribution in [2.24, 2.45) is 0 Å². The van der Waals surface area contributed by atoms with Crippen molar-refractivity contribution in [3.8, 4) is 0 Å². The summed E-state index contributed by atoms with van der Waals surface area (Å²) < 4.78 is 0. The average Bonchev–Trinajstić information content (AvgIpc) is 2.77. The van der Waals surface area contributed by atoms with Gasteiger partial charge in [0.15, 0.2) is 0 Å². The number of rotatable bonds is 1. The second-order valence-electron chi connectivity index (χ2n) is 3.33. The molecule has 4 nitrogen and oxygen atoms in total. The Bertz CT molecular complexity index is 230. The highest BCUT2D eigenvalue weighted by atomic mass is 16.2. The van der Waals surface area contributed by atoms with Gasteiger partial charge in [0.1, 0.15) is 0 Å². The van der Waals surface area contributed by atoms with Crippen LogP contribution in [0.3, 0.4) is 0 Å². The maximum absolute atomic E-state index is 10.7. The summed E-state index contributed by atoms with van der Waals surface area (Å²) in [5, 5.41) is 2.68. The molecule has 0 aromatic rings. The van der Waals surface area contributed by atoms with Crippen molar-refractivity contribution in [2.75, 3.05) is 13.1 Å². The molecule has 0 unspecified atom stereocenters. The zero-order valence-electron chi connectivity index (χ0n) is 8.29. The minimum atomic E-state index is 0.204. The quantitative estimate of drug-likeness (QED) is 0.669. The Balaban J connectivity index is 0.000000146. The van der Waals surface area contributed by atoms with E-state index in [4.69, 9.17) is 0 Å². The normalized spacial score (nSPS) is 20.1. The molecule has 2 saturated heterocycles. The van der Waals surface area contributed by atoms with Crippen LogP contribution in [0.2, 0.25) is 0 Å². The molecule has 0 radical (unpaired) electrons. The first-order valence-corrected chi connectivity index (χ1v) is 4.93. The summed E-state index contributed by atoms with van der Waals surface area (Å²) in [6.45, 7) is 5.25. The summed E-state index contributed by atoms with van der Waals surface area (Å²) in [7, 11) is 0. The lowest BCUT2D eigenvalue weighted by Crippen LogP contribution is -2.16. The van der Waals surface area contributed by atoms with Crippen LogP contribution in [-0.4, -0.2) is 29.8 Å². The zero-order valence-corrected chi connectivity index (χ0v) is 8.29. The van der Waals surface area contributed by atoms with Crippen molar-refractivity contribution in [1.29, 1.82) is 0 Å². The highest BCUT2D eigenvalue weighted by molar-refractivity contribution is 5.79. The molecule has 2 fully saturated rings. The molecule has 0 bridgehead atoms. The lowest BCUT2D eigenvalue weighted by Gasteiger charge is -2.05. The SMILES string of the molecule is C=CN1CCCC1=O.O=C1CCCN1. The minimum absolute atomic E-state index is 0.204. The van der Waals surface area contributed by atoms with E-state index in [2.05, 4.69) is 11.9 Å². The van der Waals surface area contributed by atoms with Crippen LogP contribution in [0.1, 0.15) is 25.7 Å². The molecule has 78 valence electrons. The van der Waals surface area contributed by atoms with E-state index in [1.165, 1.54) is 0 Å². The van der Waals surface area contributed by atoms with Crippen LogP contribution >= 0.6 is 0 Å². The Morgan fingerprint density at radius 3 is 2.29 bits per heavy atom. The Kier molecular flexibility index (Phi) is 4.16. The maximum atomic E-state index is 10.7. The molecule has 4 heteroatoms. The molecule has 1 N–H and O–H groups in total. The summed E-state index contributed by atoms with van der Waals surface area (Å²) in [5.74, 6) is 0.412. The van der Waals surface area contributed by atoms with Crippen LogP contribution in [0.25, 0.3) is 0 Å². The monoisotopic (exact) mass is 196 g/mol. The second kappa shape index (κ2) is 5.42.